The van der Waals surface area contributed by atoms with Gasteiger partial charge in [0.15, 0.2) is 5.01 Å². The van der Waals surface area contributed by atoms with Gasteiger partial charge in [-0.05, 0) is 43.0 Å². The van der Waals surface area contributed by atoms with E-state index in [-0.39, 0.29) is 36.3 Å². The molecule has 5 rings (SSSR count). The average Bonchev–Trinajstić information content (AvgIpc) is 3.43. The van der Waals surface area contributed by atoms with E-state index in [4.69, 9.17) is 11.6 Å². The lowest BCUT2D eigenvalue weighted by molar-refractivity contribution is 0.0860. The lowest BCUT2D eigenvalue weighted by Crippen LogP contribution is -2.53. The van der Waals surface area contributed by atoms with Crippen LogP contribution in [-0.2, 0) is 13.0 Å². The van der Waals surface area contributed by atoms with Crippen LogP contribution in [0.5, 0.6) is 0 Å². The molecule has 2 amide bonds. The number of nitrogens with zero attached hydrogens (tertiary/aromatic N) is 2. The van der Waals surface area contributed by atoms with Gasteiger partial charge < -0.3 is 15.6 Å². The van der Waals surface area contributed by atoms with Crippen LogP contribution in [0.4, 0.5) is 0 Å². The predicted molar refractivity (Wildman–Crippen MR) is 147 cm³/mol. The highest BCUT2D eigenvalue weighted by Crippen LogP contribution is 2.27. The predicted octanol–water partition coefficient (Wildman–Crippen LogP) is 5.18. The van der Waals surface area contributed by atoms with E-state index in [1.54, 1.807) is 6.07 Å². The van der Waals surface area contributed by atoms with Gasteiger partial charge >= 0.3 is 0 Å². The second-order valence-corrected chi connectivity index (χ2v) is 11.6. The lowest BCUT2D eigenvalue weighted by atomic mass is 9.90. The third-order valence-electron chi connectivity index (χ3n) is 6.85. The topological polar surface area (TPSA) is 90.1 Å². The van der Waals surface area contributed by atoms with Crippen LogP contribution in [0, 0.1) is 5.92 Å². The number of amides is 2. The number of hydrogen-bond acceptors (Lipinski definition) is 5. The number of nitrogens with one attached hydrogen (secondary N) is 3. The zero-order valence-corrected chi connectivity index (χ0v) is 23.0. The highest BCUT2D eigenvalue weighted by Gasteiger charge is 2.30. The van der Waals surface area contributed by atoms with Crippen molar-refractivity contribution >= 4 is 58.1 Å². The summed E-state index contributed by atoms with van der Waals surface area (Å²) in [6, 6.07) is 7.09. The number of thiazole rings is 1. The van der Waals surface area contributed by atoms with Gasteiger partial charge in [0, 0.05) is 58.9 Å². The van der Waals surface area contributed by atoms with Crippen molar-refractivity contribution in [3.63, 3.8) is 0 Å². The van der Waals surface area contributed by atoms with Crippen LogP contribution < -0.4 is 10.6 Å². The fourth-order valence-electron chi connectivity index (χ4n) is 5.20. The smallest absolute Gasteiger partial charge is 0.280 e. The molecular formula is C26H33Cl2N5O2S. The standard InChI is InChI=1S/C26H32ClN5O2S.ClH/c1-15(2)13-32-10-9-21-23(14-32)35-26(31-21)25(34)30-20-6-4-3-5-19(20)29-24(33)22-12-16-11-17(27)7-8-18(16)28-22;/h7-8,11-12,15,19-20,28H,3-6,9-10,13-14H2,1-2H3,(H,29,33)(H,30,34);1H/t19-,20+;/m0./s1. The van der Waals surface area contributed by atoms with Crippen LogP contribution in [0.15, 0.2) is 24.3 Å². The van der Waals surface area contributed by atoms with Gasteiger partial charge in [-0.15, -0.1) is 23.7 Å². The highest BCUT2D eigenvalue weighted by atomic mass is 35.5. The Bertz CT molecular complexity index is 1240. The first kappa shape index (κ1) is 26.9. The molecule has 194 valence electrons. The molecule has 0 spiro atoms. The Morgan fingerprint density at radius 1 is 1.17 bits per heavy atom. The summed E-state index contributed by atoms with van der Waals surface area (Å²) in [5.41, 5.74) is 2.43. The summed E-state index contributed by atoms with van der Waals surface area (Å²) in [6.45, 7) is 7.39. The molecule has 1 aliphatic heterocycles. The number of hydrogen-bond donors (Lipinski definition) is 3. The first-order valence-corrected chi connectivity index (χ1v) is 13.7. The molecule has 2 aliphatic rings. The molecule has 0 radical (unpaired) electrons. The number of halogens is 2. The zero-order chi connectivity index (χ0) is 24.5. The maximum Gasteiger partial charge on any atom is 0.280 e. The fourth-order valence-corrected chi connectivity index (χ4v) is 6.43. The van der Waals surface area contributed by atoms with Gasteiger partial charge in [-0.1, -0.05) is 38.3 Å². The molecule has 2 aromatic heterocycles. The molecule has 0 bridgehead atoms. The van der Waals surface area contributed by atoms with Gasteiger partial charge in [0.05, 0.1) is 5.69 Å². The lowest BCUT2D eigenvalue weighted by Gasteiger charge is -2.32. The van der Waals surface area contributed by atoms with Crippen molar-refractivity contribution in [1.82, 2.24) is 25.5 Å². The zero-order valence-electron chi connectivity index (χ0n) is 20.6. The first-order chi connectivity index (χ1) is 16.9. The largest absolute Gasteiger partial charge is 0.351 e. The van der Waals surface area contributed by atoms with Crippen LogP contribution >= 0.6 is 35.3 Å². The molecule has 1 aromatic carbocycles. The second-order valence-electron chi connectivity index (χ2n) is 10.1. The Balaban J connectivity index is 0.00000304. The van der Waals surface area contributed by atoms with Crippen molar-refractivity contribution < 1.29 is 9.59 Å². The summed E-state index contributed by atoms with van der Waals surface area (Å²) >= 11 is 7.59. The van der Waals surface area contributed by atoms with E-state index in [1.165, 1.54) is 16.2 Å². The summed E-state index contributed by atoms with van der Waals surface area (Å²) in [6.07, 6.45) is 4.62. The Labute approximate surface area is 226 Å². The molecular weight excluding hydrogens is 517 g/mol. The van der Waals surface area contributed by atoms with Gasteiger partial charge in [0.2, 0.25) is 0 Å². The SMILES string of the molecule is CC(C)CN1CCc2nc(C(=O)N[C@@H]3CCCC[C@@H]3NC(=O)c3cc4cc(Cl)ccc4[nH]3)sc2C1.Cl. The first-order valence-electron chi connectivity index (χ1n) is 12.5. The van der Waals surface area contributed by atoms with Gasteiger partial charge in [0.1, 0.15) is 5.69 Å². The molecule has 1 saturated carbocycles. The fraction of sp³-hybridized carbons (Fsp3) is 0.500. The van der Waals surface area contributed by atoms with Gasteiger partial charge in [-0.25, -0.2) is 4.98 Å². The summed E-state index contributed by atoms with van der Waals surface area (Å²) in [4.78, 5) is 37.6. The van der Waals surface area contributed by atoms with Gasteiger partial charge in [-0.2, -0.15) is 0 Å². The van der Waals surface area contributed by atoms with E-state index >= 15 is 0 Å². The monoisotopic (exact) mass is 549 g/mol. The summed E-state index contributed by atoms with van der Waals surface area (Å²) in [5, 5.41) is 8.40. The molecule has 0 saturated heterocycles. The van der Waals surface area contributed by atoms with Crippen LogP contribution in [-0.4, -0.2) is 51.9 Å². The normalized spacial score (nSPS) is 20.1. The van der Waals surface area contributed by atoms with E-state index in [0.717, 1.165) is 68.3 Å². The van der Waals surface area contributed by atoms with E-state index in [1.807, 2.05) is 18.2 Å². The molecule has 36 heavy (non-hydrogen) atoms. The van der Waals surface area contributed by atoms with Crippen LogP contribution in [0.2, 0.25) is 5.02 Å². The third kappa shape index (κ3) is 6.05. The molecule has 1 aliphatic carbocycles. The maximum absolute atomic E-state index is 13.1. The van der Waals surface area contributed by atoms with Crippen molar-refractivity contribution in [2.24, 2.45) is 5.92 Å². The van der Waals surface area contributed by atoms with Crippen LogP contribution in [0.3, 0.4) is 0 Å². The van der Waals surface area contributed by atoms with Crippen molar-refractivity contribution in [2.45, 2.75) is 64.6 Å². The maximum atomic E-state index is 13.1. The Morgan fingerprint density at radius 2 is 1.89 bits per heavy atom. The van der Waals surface area contributed by atoms with Crippen molar-refractivity contribution in [3.05, 3.63) is 50.6 Å². The van der Waals surface area contributed by atoms with E-state index in [9.17, 15) is 9.59 Å². The Hall–Kier alpha value is -2.13. The second kappa shape index (κ2) is 11.5. The molecule has 3 aromatic rings. The summed E-state index contributed by atoms with van der Waals surface area (Å²) in [7, 11) is 0. The van der Waals surface area contributed by atoms with E-state index in [2.05, 4.69) is 39.3 Å². The van der Waals surface area contributed by atoms with Crippen LogP contribution in [0.1, 0.15) is 70.4 Å². The van der Waals surface area contributed by atoms with E-state index in [0.29, 0.717) is 21.6 Å². The Morgan fingerprint density at radius 3 is 2.61 bits per heavy atom. The van der Waals surface area contributed by atoms with Crippen LogP contribution in [0.25, 0.3) is 10.9 Å². The van der Waals surface area contributed by atoms with Crippen molar-refractivity contribution in [3.8, 4) is 0 Å². The number of fused-ring (bicyclic) bond motifs is 2. The number of benzene rings is 1. The number of rotatable bonds is 6. The average molecular weight is 551 g/mol. The third-order valence-corrected chi connectivity index (χ3v) is 8.17. The van der Waals surface area contributed by atoms with Crippen molar-refractivity contribution in [2.75, 3.05) is 13.1 Å². The van der Waals surface area contributed by atoms with Gasteiger partial charge in [0.25, 0.3) is 11.8 Å². The van der Waals surface area contributed by atoms with E-state index < -0.39 is 0 Å². The van der Waals surface area contributed by atoms with Crippen molar-refractivity contribution in [1.29, 1.82) is 0 Å². The number of carbonyl (C=O) groups excluding carboxylic acids is 2. The molecule has 0 unspecified atom stereocenters. The number of aromatic amines is 1. The molecule has 3 heterocycles. The Kier molecular flexibility index (Phi) is 8.60. The minimum atomic E-state index is -0.168. The number of aromatic nitrogens is 2. The molecule has 10 heteroatoms. The van der Waals surface area contributed by atoms with Gasteiger partial charge in [-0.3, -0.25) is 14.5 Å². The quantitative estimate of drug-likeness (QED) is 0.394. The molecule has 3 N–H and O–H groups in total. The minimum absolute atomic E-state index is 0. The highest BCUT2D eigenvalue weighted by molar-refractivity contribution is 7.13. The number of H-pyrrole nitrogens is 1. The minimum Gasteiger partial charge on any atom is -0.351 e. The molecule has 1 fully saturated rings. The molecule has 2 atom stereocenters. The molecule has 7 nitrogen and oxygen atoms in total. The summed E-state index contributed by atoms with van der Waals surface area (Å²) in [5.74, 6) is 0.317. The summed E-state index contributed by atoms with van der Waals surface area (Å²) < 4.78 is 0. The number of carbonyl (C=O) groups is 2.